The number of rotatable bonds is 5. The summed E-state index contributed by atoms with van der Waals surface area (Å²) in [4.78, 5) is 13.5. The van der Waals surface area contributed by atoms with Crippen LogP contribution in [0.5, 0.6) is 0 Å². The Labute approximate surface area is 111 Å². The number of nitrogens with zero attached hydrogens (tertiary/aromatic N) is 2. The Morgan fingerprint density at radius 3 is 2.68 bits per heavy atom. The highest BCUT2D eigenvalue weighted by Gasteiger charge is 2.20. The van der Waals surface area contributed by atoms with Crippen molar-refractivity contribution in [3.05, 3.63) is 35.4 Å². The Morgan fingerprint density at radius 2 is 2.11 bits per heavy atom. The molecule has 1 aromatic carbocycles. The summed E-state index contributed by atoms with van der Waals surface area (Å²) in [5.41, 5.74) is -0.293. The van der Waals surface area contributed by atoms with Crippen molar-refractivity contribution in [3.63, 3.8) is 0 Å². The van der Waals surface area contributed by atoms with Crippen molar-refractivity contribution in [1.29, 1.82) is 5.26 Å². The third-order valence-electron chi connectivity index (χ3n) is 2.53. The molecule has 1 amide bonds. The van der Waals surface area contributed by atoms with Crippen LogP contribution in [-0.2, 0) is 0 Å². The van der Waals surface area contributed by atoms with Crippen LogP contribution in [0.4, 0.5) is 8.78 Å². The second kappa shape index (κ2) is 6.83. The van der Waals surface area contributed by atoms with E-state index in [1.54, 1.807) is 0 Å². The van der Waals surface area contributed by atoms with Crippen LogP contribution in [0, 0.1) is 28.9 Å². The van der Waals surface area contributed by atoms with Gasteiger partial charge in [-0.3, -0.25) is 4.79 Å². The van der Waals surface area contributed by atoms with Gasteiger partial charge in [0.15, 0.2) is 0 Å². The summed E-state index contributed by atoms with van der Waals surface area (Å²) in [5, 5.41) is 8.58. The van der Waals surface area contributed by atoms with Crippen LogP contribution in [-0.4, -0.2) is 23.9 Å². The van der Waals surface area contributed by atoms with E-state index in [2.05, 4.69) is 0 Å². The minimum Gasteiger partial charge on any atom is -0.337 e. The van der Waals surface area contributed by atoms with Crippen LogP contribution in [0.25, 0.3) is 0 Å². The molecule has 0 aliphatic heterocycles. The zero-order valence-corrected chi connectivity index (χ0v) is 11.0. The SMILES string of the molecule is CC(C)CN(CCC#N)C(=O)c1cc(F)ccc1F. The molecule has 0 heterocycles. The summed E-state index contributed by atoms with van der Waals surface area (Å²) in [5.74, 6) is -1.81. The fourth-order valence-electron chi connectivity index (χ4n) is 1.73. The van der Waals surface area contributed by atoms with Crippen LogP contribution in [0.2, 0.25) is 0 Å². The van der Waals surface area contributed by atoms with Crippen LogP contribution in [0.15, 0.2) is 18.2 Å². The number of hydrogen-bond donors (Lipinski definition) is 0. The molecule has 0 unspecified atom stereocenters. The topological polar surface area (TPSA) is 44.1 Å². The summed E-state index contributed by atoms with van der Waals surface area (Å²) in [7, 11) is 0. The van der Waals surface area contributed by atoms with E-state index in [0.717, 1.165) is 18.2 Å². The molecule has 1 aromatic rings. The number of carbonyl (C=O) groups excluding carboxylic acids is 1. The van der Waals surface area contributed by atoms with Gasteiger partial charge in [-0.15, -0.1) is 0 Å². The number of halogens is 2. The third-order valence-corrected chi connectivity index (χ3v) is 2.53. The minimum absolute atomic E-state index is 0.162. The zero-order valence-electron chi connectivity index (χ0n) is 11.0. The smallest absolute Gasteiger partial charge is 0.256 e. The molecule has 0 fully saturated rings. The highest BCUT2D eigenvalue weighted by atomic mass is 19.1. The van der Waals surface area contributed by atoms with Gasteiger partial charge in [-0.1, -0.05) is 13.8 Å². The van der Waals surface area contributed by atoms with Crippen molar-refractivity contribution < 1.29 is 13.6 Å². The molecule has 0 atom stereocenters. The van der Waals surface area contributed by atoms with Gasteiger partial charge in [-0.25, -0.2) is 8.78 Å². The average molecular weight is 266 g/mol. The molecule has 3 nitrogen and oxygen atoms in total. The summed E-state index contributed by atoms with van der Waals surface area (Å²) in [6, 6.07) is 4.73. The molecule has 5 heteroatoms. The van der Waals surface area contributed by atoms with Gasteiger partial charge in [0.05, 0.1) is 18.1 Å². The van der Waals surface area contributed by atoms with E-state index < -0.39 is 17.5 Å². The van der Waals surface area contributed by atoms with Crippen molar-refractivity contribution in [2.24, 2.45) is 5.92 Å². The van der Waals surface area contributed by atoms with E-state index in [1.165, 1.54) is 4.90 Å². The molecule has 0 aliphatic rings. The lowest BCUT2D eigenvalue weighted by atomic mass is 10.1. The van der Waals surface area contributed by atoms with Gasteiger partial charge < -0.3 is 4.90 Å². The number of amides is 1. The van der Waals surface area contributed by atoms with Crippen LogP contribution in [0.1, 0.15) is 30.6 Å². The molecular weight excluding hydrogens is 250 g/mol. The highest BCUT2D eigenvalue weighted by Crippen LogP contribution is 2.14. The molecular formula is C14H16F2N2O. The first-order valence-corrected chi connectivity index (χ1v) is 6.07. The zero-order chi connectivity index (χ0) is 14.4. The van der Waals surface area contributed by atoms with E-state index in [9.17, 15) is 13.6 Å². The quantitative estimate of drug-likeness (QED) is 0.822. The number of carbonyl (C=O) groups is 1. The van der Waals surface area contributed by atoms with Crippen molar-refractivity contribution in [1.82, 2.24) is 4.90 Å². The molecule has 1 rings (SSSR count). The molecule has 0 N–H and O–H groups in total. The maximum Gasteiger partial charge on any atom is 0.256 e. The Kier molecular flexibility index (Phi) is 5.43. The van der Waals surface area contributed by atoms with Gasteiger partial charge in [0.25, 0.3) is 5.91 Å². The first-order valence-electron chi connectivity index (χ1n) is 6.07. The summed E-state index contributed by atoms with van der Waals surface area (Å²) >= 11 is 0. The maximum absolute atomic E-state index is 13.6. The standard InChI is InChI=1S/C14H16F2N2O/c1-10(2)9-18(7-3-6-17)14(19)12-8-11(15)4-5-13(12)16/h4-5,8,10H,3,7,9H2,1-2H3. The lowest BCUT2D eigenvalue weighted by Crippen LogP contribution is -2.35. The van der Waals surface area contributed by atoms with Crippen LogP contribution < -0.4 is 0 Å². The Hall–Kier alpha value is -1.96. The van der Waals surface area contributed by atoms with Crippen molar-refractivity contribution in [2.45, 2.75) is 20.3 Å². The number of benzene rings is 1. The van der Waals surface area contributed by atoms with E-state index in [4.69, 9.17) is 5.26 Å². The molecule has 0 spiro atoms. The lowest BCUT2D eigenvalue weighted by molar-refractivity contribution is 0.0734. The Morgan fingerprint density at radius 1 is 1.42 bits per heavy atom. The van der Waals surface area contributed by atoms with Crippen molar-refractivity contribution >= 4 is 5.91 Å². The third kappa shape index (κ3) is 4.32. The average Bonchev–Trinajstić information content (AvgIpc) is 2.36. The number of nitriles is 1. The Balaban J connectivity index is 2.97. The molecule has 0 saturated carbocycles. The van der Waals surface area contributed by atoms with Gasteiger partial charge in [0.1, 0.15) is 11.6 Å². The summed E-state index contributed by atoms with van der Waals surface area (Å²) < 4.78 is 26.7. The van der Waals surface area contributed by atoms with E-state index >= 15 is 0 Å². The van der Waals surface area contributed by atoms with Crippen molar-refractivity contribution in [2.75, 3.05) is 13.1 Å². The fraction of sp³-hybridized carbons (Fsp3) is 0.429. The second-order valence-electron chi connectivity index (χ2n) is 4.68. The largest absolute Gasteiger partial charge is 0.337 e. The molecule has 0 aliphatic carbocycles. The normalized spacial score (nSPS) is 10.3. The predicted octanol–water partition coefficient (Wildman–Crippen LogP) is 2.98. The van der Waals surface area contributed by atoms with Gasteiger partial charge in [-0.05, 0) is 24.1 Å². The van der Waals surface area contributed by atoms with Gasteiger partial charge in [-0.2, -0.15) is 5.26 Å². The van der Waals surface area contributed by atoms with E-state index in [0.29, 0.717) is 6.54 Å². The van der Waals surface area contributed by atoms with Crippen LogP contribution >= 0.6 is 0 Å². The lowest BCUT2D eigenvalue weighted by Gasteiger charge is -2.23. The fourth-order valence-corrected chi connectivity index (χ4v) is 1.73. The summed E-state index contributed by atoms with van der Waals surface area (Å²) in [6.45, 7) is 4.43. The van der Waals surface area contributed by atoms with Crippen molar-refractivity contribution in [3.8, 4) is 6.07 Å². The Bertz CT molecular complexity index is 495. The molecule has 102 valence electrons. The van der Waals surface area contributed by atoms with Gasteiger partial charge in [0.2, 0.25) is 0 Å². The van der Waals surface area contributed by atoms with Gasteiger partial charge >= 0.3 is 0 Å². The molecule has 0 aromatic heterocycles. The van der Waals surface area contributed by atoms with Crippen LogP contribution in [0.3, 0.4) is 0 Å². The molecule has 0 radical (unpaired) electrons. The monoisotopic (exact) mass is 266 g/mol. The summed E-state index contributed by atoms with van der Waals surface area (Å²) in [6.07, 6.45) is 0.162. The number of hydrogen-bond acceptors (Lipinski definition) is 2. The first-order chi connectivity index (χ1) is 8.95. The van der Waals surface area contributed by atoms with Gasteiger partial charge in [0, 0.05) is 13.1 Å². The molecule has 19 heavy (non-hydrogen) atoms. The van der Waals surface area contributed by atoms with E-state index in [1.807, 2.05) is 19.9 Å². The molecule has 0 saturated heterocycles. The minimum atomic E-state index is -0.753. The predicted molar refractivity (Wildman–Crippen MR) is 67.3 cm³/mol. The highest BCUT2D eigenvalue weighted by molar-refractivity contribution is 5.94. The maximum atomic E-state index is 13.6. The molecule has 0 bridgehead atoms. The second-order valence-corrected chi connectivity index (χ2v) is 4.68. The first kappa shape index (κ1) is 15.1. The van der Waals surface area contributed by atoms with E-state index in [-0.39, 0.29) is 24.4 Å².